The number of amides is 2. The van der Waals surface area contributed by atoms with Crippen molar-refractivity contribution in [2.75, 3.05) is 33.4 Å². The molecule has 0 saturated heterocycles. The molecule has 3 aromatic rings. The first-order chi connectivity index (χ1) is 17.8. The van der Waals surface area contributed by atoms with Crippen LogP contribution in [0.5, 0.6) is 0 Å². The van der Waals surface area contributed by atoms with Crippen LogP contribution in [0.15, 0.2) is 66.9 Å². The minimum Gasteiger partial charge on any atom is -0.383 e. The van der Waals surface area contributed by atoms with E-state index in [4.69, 9.17) is 16.3 Å². The first-order valence-corrected chi connectivity index (χ1v) is 13.2. The summed E-state index contributed by atoms with van der Waals surface area (Å²) in [6.07, 6.45) is 2.91. The molecule has 1 heterocycles. The van der Waals surface area contributed by atoms with E-state index in [2.05, 4.69) is 25.3 Å². The minimum atomic E-state index is -0.167. The van der Waals surface area contributed by atoms with E-state index < -0.39 is 0 Å². The average molecular weight is 524 g/mol. The fourth-order valence-electron chi connectivity index (χ4n) is 4.23. The van der Waals surface area contributed by atoms with Crippen LogP contribution in [0, 0.1) is 5.92 Å². The monoisotopic (exact) mass is 523 g/mol. The third-order valence-corrected chi connectivity index (χ3v) is 6.67. The van der Waals surface area contributed by atoms with Crippen LogP contribution in [0.1, 0.15) is 48.0 Å². The van der Waals surface area contributed by atoms with Crippen LogP contribution in [0.4, 0.5) is 0 Å². The maximum Gasteiger partial charge on any atom is 0.254 e. The van der Waals surface area contributed by atoms with Gasteiger partial charge in [0, 0.05) is 49.2 Å². The Morgan fingerprint density at radius 3 is 2.38 bits per heavy atom. The molecule has 37 heavy (non-hydrogen) atoms. The summed E-state index contributed by atoms with van der Waals surface area (Å²) in [5.74, 6) is 0.0223. The van der Waals surface area contributed by atoms with Crippen LogP contribution in [0.25, 0.3) is 0 Å². The number of methoxy groups -OCH3 is 1. The molecule has 0 atom stereocenters. The van der Waals surface area contributed by atoms with E-state index in [1.807, 2.05) is 71.8 Å². The van der Waals surface area contributed by atoms with Crippen molar-refractivity contribution in [1.29, 1.82) is 0 Å². The molecule has 198 valence electrons. The fourth-order valence-corrected chi connectivity index (χ4v) is 4.43. The van der Waals surface area contributed by atoms with E-state index in [1.165, 1.54) is 5.56 Å². The van der Waals surface area contributed by atoms with Gasteiger partial charge in [-0.2, -0.15) is 0 Å². The minimum absolute atomic E-state index is 0.00430. The molecule has 0 bridgehead atoms. The molecule has 2 amide bonds. The van der Waals surface area contributed by atoms with Crippen molar-refractivity contribution >= 4 is 23.4 Å². The zero-order valence-electron chi connectivity index (χ0n) is 22.3. The predicted octanol–water partition coefficient (Wildman–Crippen LogP) is 5.53. The highest BCUT2D eigenvalue weighted by Crippen LogP contribution is 2.19. The largest absolute Gasteiger partial charge is 0.383 e. The quantitative estimate of drug-likeness (QED) is 0.296. The number of carbonyl (C=O) groups is 2. The van der Waals surface area contributed by atoms with Crippen molar-refractivity contribution < 1.29 is 14.3 Å². The molecule has 0 saturated carbocycles. The first-order valence-electron chi connectivity index (χ1n) is 12.8. The molecule has 0 radical (unpaired) electrons. The molecular weight excluding hydrogens is 486 g/mol. The second-order valence-electron chi connectivity index (χ2n) is 9.66. The van der Waals surface area contributed by atoms with E-state index in [9.17, 15) is 9.59 Å². The lowest BCUT2D eigenvalue weighted by Gasteiger charge is -2.29. The van der Waals surface area contributed by atoms with E-state index in [0.717, 1.165) is 22.7 Å². The van der Waals surface area contributed by atoms with Crippen LogP contribution < -0.4 is 0 Å². The van der Waals surface area contributed by atoms with Crippen LogP contribution in [0.2, 0.25) is 5.02 Å². The highest BCUT2D eigenvalue weighted by molar-refractivity contribution is 6.31. The Bertz CT molecular complexity index is 1160. The number of halogens is 1. The molecule has 2 aromatic carbocycles. The van der Waals surface area contributed by atoms with Crippen molar-refractivity contribution in [3.05, 3.63) is 94.3 Å². The summed E-state index contributed by atoms with van der Waals surface area (Å²) in [5, 5.41) is 0.719. The van der Waals surface area contributed by atoms with Gasteiger partial charge in [-0.1, -0.05) is 62.7 Å². The van der Waals surface area contributed by atoms with Gasteiger partial charge in [-0.25, -0.2) is 0 Å². The van der Waals surface area contributed by atoms with Crippen LogP contribution >= 0.6 is 11.6 Å². The smallest absolute Gasteiger partial charge is 0.254 e. The Hall–Kier alpha value is -3.09. The van der Waals surface area contributed by atoms with E-state index in [0.29, 0.717) is 38.3 Å². The number of hydrogen-bond acceptors (Lipinski definition) is 3. The van der Waals surface area contributed by atoms with Gasteiger partial charge in [0.05, 0.1) is 13.2 Å². The van der Waals surface area contributed by atoms with E-state index >= 15 is 0 Å². The Kier molecular flexibility index (Phi) is 10.8. The number of rotatable bonds is 13. The third-order valence-electron chi connectivity index (χ3n) is 6.30. The Balaban J connectivity index is 1.77. The fraction of sp³-hybridized carbons (Fsp3) is 0.400. The van der Waals surface area contributed by atoms with Crippen molar-refractivity contribution in [2.45, 2.75) is 40.3 Å². The number of carbonyl (C=O) groups excluding carboxylic acids is 2. The summed E-state index contributed by atoms with van der Waals surface area (Å²) in [6.45, 7) is 8.62. The van der Waals surface area contributed by atoms with Gasteiger partial charge < -0.3 is 19.1 Å². The van der Waals surface area contributed by atoms with Gasteiger partial charge in [-0.05, 0) is 53.8 Å². The summed E-state index contributed by atoms with van der Waals surface area (Å²) in [6, 6.07) is 19.4. The van der Waals surface area contributed by atoms with Gasteiger partial charge in [-0.15, -0.1) is 0 Å². The standard InChI is InChI=1S/C30H38ClN3O3/c1-5-24-12-14-25(15-13-24)30(36)33(17-18-37-4)22-29(35)34(19-23(2)3)21-27-10-8-16-32(27)20-26-9-6-7-11-28(26)31/h6-16,23H,5,17-22H2,1-4H3. The van der Waals surface area contributed by atoms with Gasteiger partial charge in [0.2, 0.25) is 5.91 Å². The normalized spacial score (nSPS) is 11.1. The maximum absolute atomic E-state index is 13.6. The van der Waals surface area contributed by atoms with Crippen LogP contribution in [0.3, 0.4) is 0 Å². The lowest BCUT2D eigenvalue weighted by atomic mass is 10.1. The average Bonchev–Trinajstić information content (AvgIpc) is 3.33. The molecule has 1 aromatic heterocycles. The Morgan fingerprint density at radius 1 is 1.00 bits per heavy atom. The molecule has 0 unspecified atom stereocenters. The molecule has 0 N–H and O–H groups in total. The molecular formula is C30H38ClN3O3. The van der Waals surface area contributed by atoms with Crippen LogP contribution in [-0.2, 0) is 29.0 Å². The van der Waals surface area contributed by atoms with Crippen molar-refractivity contribution in [3.8, 4) is 0 Å². The van der Waals surface area contributed by atoms with Gasteiger partial charge in [0.1, 0.15) is 6.54 Å². The molecule has 0 aliphatic rings. The second-order valence-corrected chi connectivity index (χ2v) is 10.1. The zero-order valence-corrected chi connectivity index (χ0v) is 23.1. The summed E-state index contributed by atoms with van der Waals surface area (Å²) >= 11 is 6.39. The number of aryl methyl sites for hydroxylation is 1. The molecule has 3 rings (SSSR count). The third kappa shape index (κ3) is 8.20. The van der Waals surface area contributed by atoms with Gasteiger partial charge >= 0.3 is 0 Å². The summed E-state index contributed by atoms with van der Waals surface area (Å²) in [7, 11) is 1.60. The molecule has 0 aliphatic carbocycles. The summed E-state index contributed by atoms with van der Waals surface area (Å²) in [5.41, 5.74) is 3.77. The first kappa shape index (κ1) is 28.5. The van der Waals surface area contributed by atoms with Gasteiger partial charge in [0.25, 0.3) is 5.91 Å². The zero-order chi connectivity index (χ0) is 26.8. The number of ether oxygens (including phenoxy) is 1. The summed E-state index contributed by atoms with van der Waals surface area (Å²) in [4.78, 5) is 30.3. The number of aromatic nitrogens is 1. The SMILES string of the molecule is CCc1ccc(C(=O)N(CCOC)CC(=O)N(Cc2cccn2Cc2ccccc2Cl)CC(C)C)cc1. The molecule has 0 spiro atoms. The molecule has 6 nitrogen and oxygen atoms in total. The molecule has 7 heteroatoms. The van der Waals surface area contributed by atoms with Gasteiger partial charge in [0.15, 0.2) is 0 Å². The summed E-state index contributed by atoms with van der Waals surface area (Å²) < 4.78 is 7.35. The highest BCUT2D eigenvalue weighted by Gasteiger charge is 2.24. The van der Waals surface area contributed by atoms with Crippen LogP contribution in [-0.4, -0.2) is 59.5 Å². The van der Waals surface area contributed by atoms with Gasteiger partial charge in [-0.3, -0.25) is 9.59 Å². The molecule has 0 fully saturated rings. The maximum atomic E-state index is 13.6. The topological polar surface area (TPSA) is 54.8 Å². The number of benzene rings is 2. The van der Waals surface area contributed by atoms with Crippen molar-refractivity contribution in [2.24, 2.45) is 5.92 Å². The molecule has 0 aliphatic heterocycles. The Morgan fingerprint density at radius 2 is 1.73 bits per heavy atom. The number of nitrogens with zero attached hydrogens (tertiary/aromatic N) is 3. The highest BCUT2D eigenvalue weighted by atomic mass is 35.5. The Labute approximate surface area is 225 Å². The van der Waals surface area contributed by atoms with Crippen molar-refractivity contribution in [1.82, 2.24) is 14.4 Å². The predicted molar refractivity (Wildman–Crippen MR) is 149 cm³/mol. The second kappa shape index (κ2) is 14.0. The lowest BCUT2D eigenvalue weighted by molar-refractivity contribution is -0.133. The van der Waals surface area contributed by atoms with E-state index in [-0.39, 0.29) is 24.3 Å². The lowest BCUT2D eigenvalue weighted by Crippen LogP contribution is -2.45. The number of hydrogen-bond donors (Lipinski definition) is 0. The van der Waals surface area contributed by atoms with Crippen molar-refractivity contribution in [3.63, 3.8) is 0 Å². The van der Waals surface area contributed by atoms with E-state index in [1.54, 1.807) is 12.0 Å².